The van der Waals surface area contributed by atoms with E-state index in [0.717, 1.165) is 20.9 Å². The van der Waals surface area contributed by atoms with Crippen LogP contribution in [0.5, 0.6) is 0 Å². The molecular weight excluding hydrogens is 336 g/mol. The number of Topliss-reactive ketones (excluding diaryl/α,β-unsaturated/α-hetero) is 1. The van der Waals surface area contributed by atoms with Crippen molar-refractivity contribution in [3.63, 3.8) is 0 Å². The first-order valence-electron chi connectivity index (χ1n) is 6.34. The highest BCUT2D eigenvalue weighted by molar-refractivity contribution is 8.00. The summed E-state index contributed by atoms with van der Waals surface area (Å²) in [6, 6.07) is 4.00. The van der Waals surface area contributed by atoms with E-state index in [1.807, 2.05) is 23.8 Å². The lowest BCUT2D eigenvalue weighted by atomic mass is 10.1. The third-order valence-corrected chi connectivity index (χ3v) is 5.79. The Morgan fingerprint density at radius 2 is 2.32 bits per heavy atom. The summed E-state index contributed by atoms with van der Waals surface area (Å²) in [4.78, 5) is 25.9. The zero-order chi connectivity index (χ0) is 15.5. The Labute approximate surface area is 139 Å². The minimum Gasteiger partial charge on any atom is -0.297 e. The molecule has 22 heavy (non-hydrogen) atoms. The molecule has 0 amide bonds. The van der Waals surface area contributed by atoms with Crippen LogP contribution in [-0.2, 0) is 4.79 Å². The number of carbonyl (C=O) groups excluding carboxylic acids is 1. The minimum absolute atomic E-state index is 0.149. The monoisotopic (exact) mass is 346 g/mol. The van der Waals surface area contributed by atoms with Crippen molar-refractivity contribution in [3.8, 4) is 6.07 Å². The van der Waals surface area contributed by atoms with Crippen LogP contribution in [0.2, 0.25) is 0 Å². The average Bonchev–Trinajstić information content (AvgIpc) is 3.15. The molecule has 0 aromatic carbocycles. The fraction of sp³-hybridized carbons (Fsp3) is 0.214. The number of hydrogen-bond acceptors (Lipinski definition) is 8. The second-order valence-corrected chi connectivity index (χ2v) is 7.21. The zero-order valence-corrected chi connectivity index (χ0v) is 14.0. The number of nitrogens with zero attached hydrogens (tertiary/aromatic N) is 4. The summed E-state index contributed by atoms with van der Waals surface area (Å²) in [7, 11) is 0. The Kier molecular flexibility index (Phi) is 4.47. The summed E-state index contributed by atoms with van der Waals surface area (Å²) in [6.45, 7) is 1.85. The van der Waals surface area contributed by atoms with Crippen LogP contribution in [0.3, 0.4) is 0 Å². The van der Waals surface area contributed by atoms with Crippen molar-refractivity contribution in [3.05, 3.63) is 33.9 Å². The Bertz CT molecular complexity index is 864. The standard InChI is InChI=1S/C14H10N4OS3/c1-8-5-21-14(18-8)10(4-15)11(19)6-22-13-9-2-3-20-12(9)16-7-17-13/h2-3,5,7,10H,6H2,1H3/t10-/m1/s1. The van der Waals surface area contributed by atoms with Gasteiger partial charge < -0.3 is 0 Å². The first-order valence-corrected chi connectivity index (χ1v) is 9.09. The number of fused-ring (bicyclic) bond motifs is 1. The second-order valence-electron chi connectivity index (χ2n) is 4.46. The van der Waals surface area contributed by atoms with E-state index < -0.39 is 5.92 Å². The summed E-state index contributed by atoms with van der Waals surface area (Å²) >= 11 is 4.22. The van der Waals surface area contributed by atoms with Crippen molar-refractivity contribution in [2.24, 2.45) is 0 Å². The van der Waals surface area contributed by atoms with E-state index in [0.29, 0.717) is 5.01 Å². The van der Waals surface area contributed by atoms with E-state index in [1.165, 1.54) is 40.8 Å². The Balaban J connectivity index is 1.74. The van der Waals surface area contributed by atoms with Gasteiger partial charge in [0.15, 0.2) is 11.7 Å². The Morgan fingerprint density at radius 1 is 1.45 bits per heavy atom. The number of rotatable bonds is 5. The highest BCUT2D eigenvalue weighted by atomic mass is 32.2. The van der Waals surface area contributed by atoms with E-state index in [-0.39, 0.29) is 11.5 Å². The predicted molar refractivity (Wildman–Crippen MR) is 88.4 cm³/mol. The van der Waals surface area contributed by atoms with Gasteiger partial charge in [0.1, 0.15) is 21.2 Å². The molecule has 0 aliphatic rings. The molecule has 3 aromatic rings. The SMILES string of the molecule is Cc1csc([C@H](C#N)C(=O)CSc2ncnc3sccc23)n1. The highest BCUT2D eigenvalue weighted by Gasteiger charge is 2.23. The van der Waals surface area contributed by atoms with Gasteiger partial charge in [0.25, 0.3) is 0 Å². The quantitative estimate of drug-likeness (QED) is 0.520. The lowest BCUT2D eigenvalue weighted by Gasteiger charge is -2.05. The van der Waals surface area contributed by atoms with E-state index in [1.54, 1.807) is 0 Å². The van der Waals surface area contributed by atoms with Crippen LogP contribution in [0.15, 0.2) is 28.2 Å². The molecule has 0 unspecified atom stereocenters. The first-order chi connectivity index (χ1) is 10.7. The fourth-order valence-corrected chi connectivity index (χ4v) is 4.42. The van der Waals surface area contributed by atoms with E-state index in [4.69, 9.17) is 0 Å². The van der Waals surface area contributed by atoms with Crippen LogP contribution in [0.25, 0.3) is 10.2 Å². The molecule has 3 rings (SSSR count). The molecule has 0 aliphatic heterocycles. The van der Waals surface area contributed by atoms with Gasteiger partial charge in [0, 0.05) is 16.5 Å². The molecule has 5 nitrogen and oxygen atoms in total. The molecule has 3 aromatic heterocycles. The first kappa shape index (κ1) is 15.1. The number of ketones is 1. The molecule has 0 N–H and O–H groups in total. The van der Waals surface area contributed by atoms with Gasteiger partial charge in [-0.05, 0) is 18.4 Å². The Morgan fingerprint density at radius 3 is 3.05 bits per heavy atom. The van der Waals surface area contributed by atoms with Crippen molar-refractivity contribution in [2.45, 2.75) is 17.9 Å². The number of aryl methyl sites for hydroxylation is 1. The maximum atomic E-state index is 12.3. The summed E-state index contributed by atoms with van der Waals surface area (Å²) in [5, 5.41) is 15.3. The van der Waals surface area contributed by atoms with Gasteiger partial charge in [0.05, 0.1) is 11.8 Å². The molecule has 0 saturated carbocycles. The van der Waals surface area contributed by atoms with Gasteiger partial charge in [-0.3, -0.25) is 4.79 Å². The van der Waals surface area contributed by atoms with Gasteiger partial charge in [-0.15, -0.1) is 22.7 Å². The number of thiazole rings is 1. The molecule has 0 aliphatic carbocycles. The number of aromatic nitrogens is 3. The summed E-state index contributed by atoms with van der Waals surface area (Å²) in [5.74, 6) is -0.756. The molecule has 1 atom stereocenters. The maximum absolute atomic E-state index is 12.3. The van der Waals surface area contributed by atoms with E-state index in [9.17, 15) is 10.1 Å². The van der Waals surface area contributed by atoms with Crippen LogP contribution in [-0.4, -0.2) is 26.5 Å². The van der Waals surface area contributed by atoms with Gasteiger partial charge in [-0.1, -0.05) is 11.8 Å². The number of thiophene rings is 1. The number of carbonyl (C=O) groups is 1. The number of thioether (sulfide) groups is 1. The van der Waals surface area contributed by atoms with Crippen LogP contribution >= 0.6 is 34.4 Å². The topological polar surface area (TPSA) is 79.5 Å². The zero-order valence-electron chi connectivity index (χ0n) is 11.5. The fourth-order valence-electron chi connectivity index (χ4n) is 1.87. The van der Waals surface area contributed by atoms with Gasteiger partial charge in [-0.2, -0.15) is 5.26 Å². The third-order valence-electron chi connectivity index (χ3n) is 2.91. The summed E-state index contributed by atoms with van der Waals surface area (Å²) in [6.07, 6.45) is 1.50. The maximum Gasteiger partial charge on any atom is 0.167 e. The highest BCUT2D eigenvalue weighted by Crippen LogP contribution is 2.29. The predicted octanol–water partition coefficient (Wildman–Crippen LogP) is 3.42. The lowest BCUT2D eigenvalue weighted by molar-refractivity contribution is -0.116. The Hall–Kier alpha value is -1.82. The molecule has 0 spiro atoms. The third kappa shape index (κ3) is 3.02. The molecule has 8 heteroatoms. The van der Waals surface area contributed by atoms with Gasteiger partial charge in [0.2, 0.25) is 0 Å². The summed E-state index contributed by atoms with van der Waals surface area (Å²) in [5.41, 5.74) is 0.830. The molecule has 0 fully saturated rings. The van der Waals surface area contributed by atoms with Gasteiger partial charge in [-0.25, -0.2) is 15.0 Å². The van der Waals surface area contributed by atoms with Crippen molar-refractivity contribution < 1.29 is 4.79 Å². The average molecular weight is 346 g/mol. The molecular formula is C14H10N4OS3. The van der Waals surface area contributed by atoms with Crippen molar-refractivity contribution in [1.82, 2.24) is 15.0 Å². The summed E-state index contributed by atoms with van der Waals surface area (Å²) < 4.78 is 0. The largest absolute Gasteiger partial charge is 0.297 e. The number of nitriles is 1. The van der Waals surface area contributed by atoms with Crippen LogP contribution in [0, 0.1) is 18.3 Å². The normalized spacial score (nSPS) is 12.2. The molecule has 3 heterocycles. The molecule has 0 bridgehead atoms. The van der Waals surface area contributed by atoms with E-state index in [2.05, 4.69) is 21.0 Å². The van der Waals surface area contributed by atoms with Crippen molar-refractivity contribution in [2.75, 3.05) is 5.75 Å². The number of hydrogen-bond donors (Lipinski definition) is 0. The van der Waals surface area contributed by atoms with E-state index >= 15 is 0 Å². The lowest BCUT2D eigenvalue weighted by Crippen LogP contribution is -2.13. The van der Waals surface area contributed by atoms with Crippen LogP contribution < -0.4 is 0 Å². The van der Waals surface area contributed by atoms with Crippen molar-refractivity contribution in [1.29, 1.82) is 5.26 Å². The smallest absolute Gasteiger partial charge is 0.167 e. The van der Waals surface area contributed by atoms with Crippen LogP contribution in [0.4, 0.5) is 0 Å². The minimum atomic E-state index is -0.800. The van der Waals surface area contributed by atoms with Crippen molar-refractivity contribution >= 4 is 50.4 Å². The van der Waals surface area contributed by atoms with Crippen LogP contribution in [0.1, 0.15) is 16.6 Å². The second kappa shape index (κ2) is 6.52. The molecule has 110 valence electrons. The van der Waals surface area contributed by atoms with Gasteiger partial charge >= 0.3 is 0 Å². The molecule has 0 radical (unpaired) electrons. The molecule has 0 saturated heterocycles.